The molecule has 0 aliphatic rings. The second-order valence-electron chi connectivity index (χ2n) is 6.53. The molecule has 2 rings (SSSR count). The molecule has 1 N–H and O–H groups in total. The van der Waals surface area contributed by atoms with Crippen LogP contribution in [0.1, 0.15) is 51.4 Å². The van der Waals surface area contributed by atoms with Gasteiger partial charge in [-0.2, -0.15) is 0 Å². The first-order chi connectivity index (χ1) is 9.77. The highest BCUT2D eigenvalue weighted by molar-refractivity contribution is 9.10. The number of hydrogen-bond donors (Lipinski definition) is 1. The molecule has 0 spiro atoms. The Kier molecular flexibility index (Phi) is 5.04. The summed E-state index contributed by atoms with van der Waals surface area (Å²) >= 11 is 5.27. The van der Waals surface area contributed by atoms with Crippen LogP contribution in [0.25, 0.3) is 0 Å². The third-order valence-corrected chi connectivity index (χ3v) is 4.55. The fourth-order valence-electron chi connectivity index (χ4n) is 2.02. The summed E-state index contributed by atoms with van der Waals surface area (Å²) in [6.45, 7) is 10.8. The van der Waals surface area contributed by atoms with Gasteiger partial charge in [-0.25, -0.2) is 9.97 Å². The van der Waals surface area contributed by atoms with Crippen molar-refractivity contribution in [3.8, 4) is 0 Å². The van der Waals surface area contributed by atoms with E-state index in [1.165, 1.54) is 4.88 Å². The minimum absolute atomic E-state index is 0.0729. The number of aromatic nitrogens is 2. The van der Waals surface area contributed by atoms with E-state index in [9.17, 15) is 0 Å². The molecule has 0 saturated heterocycles. The molecule has 2 aromatic heterocycles. The summed E-state index contributed by atoms with van der Waals surface area (Å²) in [5.41, 5.74) is -0.0729. The second kappa shape index (κ2) is 6.44. The summed E-state index contributed by atoms with van der Waals surface area (Å²) in [5, 5.41) is 5.68. The highest BCUT2D eigenvalue weighted by atomic mass is 79.9. The molecule has 1 atom stereocenters. The van der Waals surface area contributed by atoms with Gasteiger partial charge in [0.25, 0.3) is 0 Å². The van der Waals surface area contributed by atoms with Crippen molar-refractivity contribution < 1.29 is 0 Å². The van der Waals surface area contributed by atoms with Crippen LogP contribution in [0, 0.1) is 5.92 Å². The molecule has 0 aliphatic carbocycles. The Morgan fingerprint density at radius 1 is 1.24 bits per heavy atom. The quantitative estimate of drug-likeness (QED) is 0.734. The maximum atomic E-state index is 4.69. The summed E-state index contributed by atoms with van der Waals surface area (Å²) in [6.07, 6.45) is 0. The molecule has 5 heteroatoms. The molecular weight excluding hydrogens is 346 g/mol. The maximum absolute atomic E-state index is 4.69. The topological polar surface area (TPSA) is 37.8 Å². The molecule has 3 nitrogen and oxygen atoms in total. The van der Waals surface area contributed by atoms with Crippen molar-refractivity contribution in [1.82, 2.24) is 9.97 Å². The fraction of sp³-hybridized carbons (Fsp3) is 0.500. The van der Waals surface area contributed by atoms with Crippen molar-refractivity contribution in [2.75, 3.05) is 5.32 Å². The van der Waals surface area contributed by atoms with E-state index in [0.29, 0.717) is 5.92 Å². The average Bonchev–Trinajstić information content (AvgIpc) is 2.87. The van der Waals surface area contributed by atoms with Gasteiger partial charge in [-0.15, -0.1) is 11.3 Å². The first kappa shape index (κ1) is 16.4. The normalized spacial score (nSPS) is 13.5. The molecule has 2 aromatic rings. The van der Waals surface area contributed by atoms with Crippen LogP contribution in [0.2, 0.25) is 0 Å². The zero-order chi connectivity index (χ0) is 15.6. The SMILES string of the molecule is CC(C)C(Nc1cc(Br)nc(C(C)(C)C)n1)c1cccs1. The van der Waals surface area contributed by atoms with Crippen molar-refractivity contribution in [2.45, 2.75) is 46.1 Å². The van der Waals surface area contributed by atoms with Gasteiger partial charge in [0, 0.05) is 16.4 Å². The highest BCUT2D eigenvalue weighted by Gasteiger charge is 2.21. The Morgan fingerprint density at radius 2 is 1.95 bits per heavy atom. The van der Waals surface area contributed by atoms with E-state index in [4.69, 9.17) is 0 Å². The standard InChI is InChI=1S/C16H22BrN3S/c1-10(2)14(11-7-6-8-21-11)19-13-9-12(17)18-15(20-13)16(3,4)5/h6-10,14H,1-5H3,(H,18,19,20). The molecule has 114 valence electrons. The number of nitrogens with one attached hydrogen (secondary N) is 1. The molecule has 21 heavy (non-hydrogen) atoms. The zero-order valence-electron chi connectivity index (χ0n) is 13.1. The molecule has 0 aliphatic heterocycles. The van der Waals surface area contributed by atoms with Crippen molar-refractivity contribution in [3.63, 3.8) is 0 Å². The lowest BCUT2D eigenvalue weighted by atomic mass is 9.96. The number of anilines is 1. The monoisotopic (exact) mass is 367 g/mol. The van der Waals surface area contributed by atoms with Crippen molar-refractivity contribution >= 4 is 33.1 Å². The summed E-state index contributed by atoms with van der Waals surface area (Å²) in [7, 11) is 0. The number of nitrogens with zero attached hydrogens (tertiary/aromatic N) is 2. The summed E-state index contributed by atoms with van der Waals surface area (Å²) < 4.78 is 0.818. The van der Waals surface area contributed by atoms with Gasteiger partial charge in [0.05, 0.1) is 6.04 Å². The Labute approximate surface area is 139 Å². The van der Waals surface area contributed by atoms with Crippen molar-refractivity contribution in [1.29, 1.82) is 0 Å². The van der Waals surface area contributed by atoms with E-state index in [1.54, 1.807) is 11.3 Å². The predicted octanol–water partition coefficient (Wildman–Crippen LogP) is 5.41. The minimum Gasteiger partial charge on any atom is -0.362 e. The second-order valence-corrected chi connectivity index (χ2v) is 8.32. The van der Waals surface area contributed by atoms with Crippen LogP contribution in [0.5, 0.6) is 0 Å². The lowest BCUT2D eigenvalue weighted by Gasteiger charge is -2.23. The average molecular weight is 368 g/mol. The lowest BCUT2D eigenvalue weighted by molar-refractivity contribution is 0.534. The Hall–Kier alpha value is -0.940. The molecule has 1 unspecified atom stereocenters. The van der Waals surface area contributed by atoms with Gasteiger partial charge < -0.3 is 5.32 Å². The summed E-state index contributed by atoms with van der Waals surface area (Å²) in [5.74, 6) is 2.19. The van der Waals surface area contributed by atoms with E-state index in [2.05, 4.69) is 83.3 Å². The minimum atomic E-state index is -0.0729. The Bertz CT molecular complexity index is 588. The largest absolute Gasteiger partial charge is 0.362 e. The zero-order valence-corrected chi connectivity index (χ0v) is 15.5. The van der Waals surface area contributed by atoms with E-state index < -0.39 is 0 Å². The molecule has 0 bridgehead atoms. The predicted molar refractivity (Wildman–Crippen MR) is 94.0 cm³/mol. The van der Waals surface area contributed by atoms with Crippen LogP contribution in [0.3, 0.4) is 0 Å². The van der Waals surface area contributed by atoms with E-state index in [0.717, 1.165) is 16.2 Å². The smallest absolute Gasteiger partial charge is 0.137 e. The molecule has 0 radical (unpaired) electrons. The van der Waals surface area contributed by atoms with Crippen LogP contribution in [-0.2, 0) is 5.41 Å². The molecule has 0 aromatic carbocycles. The number of hydrogen-bond acceptors (Lipinski definition) is 4. The molecule has 2 heterocycles. The van der Waals surface area contributed by atoms with Gasteiger partial charge in [-0.1, -0.05) is 40.7 Å². The number of halogens is 1. The summed E-state index contributed by atoms with van der Waals surface area (Å²) in [6, 6.07) is 6.47. The van der Waals surface area contributed by atoms with Crippen LogP contribution < -0.4 is 5.32 Å². The van der Waals surface area contributed by atoms with Gasteiger partial charge in [-0.3, -0.25) is 0 Å². The lowest BCUT2D eigenvalue weighted by Crippen LogP contribution is -2.20. The number of thiophene rings is 1. The van der Waals surface area contributed by atoms with E-state index in [-0.39, 0.29) is 11.5 Å². The van der Waals surface area contributed by atoms with Crippen molar-refractivity contribution in [2.24, 2.45) is 5.92 Å². The molecule has 0 fully saturated rings. The van der Waals surface area contributed by atoms with Gasteiger partial charge >= 0.3 is 0 Å². The van der Waals surface area contributed by atoms with Crippen LogP contribution in [0.15, 0.2) is 28.2 Å². The van der Waals surface area contributed by atoms with Gasteiger partial charge in [0.1, 0.15) is 16.2 Å². The van der Waals surface area contributed by atoms with Gasteiger partial charge in [0.2, 0.25) is 0 Å². The van der Waals surface area contributed by atoms with Gasteiger partial charge in [-0.05, 0) is 33.3 Å². The maximum Gasteiger partial charge on any atom is 0.137 e. The van der Waals surface area contributed by atoms with Gasteiger partial charge in [0.15, 0.2) is 0 Å². The molecular formula is C16H22BrN3S. The fourth-order valence-corrected chi connectivity index (χ4v) is 3.35. The first-order valence-electron chi connectivity index (χ1n) is 7.12. The van der Waals surface area contributed by atoms with E-state index >= 15 is 0 Å². The van der Waals surface area contributed by atoms with Crippen LogP contribution in [0.4, 0.5) is 5.82 Å². The summed E-state index contributed by atoms with van der Waals surface area (Å²) in [4.78, 5) is 10.5. The first-order valence-corrected chi connectivity index (χ1v) is 8.79. The van der Waals surface area contributed by atoms with E-state index in [1.807, 2.05) is 6.07 Å². The van der Waals surface area contributed by atoms with Crippen molar-refractivity contribution in [3.05, 3.63) is 38.9 Å². The molecule has 0 saturated carbocycles. The third kappa shape index (κ3) is 4.27. The van der Waals surface area contributed by atoms with Crippen LogP contribution in [-0.4, -0.2) is 9.97 Å². The Morgan fingerprint density at radius 3 is 2.48 bits per heavy atom. The van der Waals surface area contributed by atoms with Crippen LogP contribution >= 0.6 is 27.3 Å². The highest BCUT2D eigenvalue weighted by Crippen LogP contribution is 2.30. The Balaban J connectivity index is 2.31. The third-order valence-electron chi connectivity index (χ3n) is 3.19. The number of rotatable bonds is 4. The molecule has 0 amide bonds.